The molecule has 0 aliphatic carbocycles. The molecule has 7 heteroatoms. The number of hydrogen-bond donors (Lipinski definition) is 2. The Morgan fingerprint density at radius 3 is 2.63 bits per heavy atom. The van der Waals surface area contributed by atoms with Crippen LogP contribution in [0.15, 0.2) is 4.90 Å². The predicted molar refractivity (Wildman–Crippen MR) is 73.4 cm³/mol. The number of sulfonamides is 1. The molecule has 0 bridgehead atoms. The summed E-state index contributed by atoms with van der Waals surface area (Å²) in [5.74, 6) is 0.341. The van der Waals surface area contributed by atoms with Crippen molar-refractivity contribution in [2.24, 2.45) is 13.0 Å². The fraction of sp³-hybridized carbons (Fsp3) is 0.750. The van der Waals surface area contributed by atoms with Gasteiger partial charge in [0.05, 0.1) is 11.4 Å². The van der Waals surface area contributed by atoms with Crippen molar-refractivity contribution < 1.29 is 8.42 Å². The van der Waals surface area contributed by atoms with Crippen LogP contribution in [-0.4, -0.2) is 37.3 Å². The van der Waals surface area contributed by atoms with Gasteiger partial charge in [-0.1, -0.05) is 6.92 Å². The average molecular weight is 286 g/mol. The van der Waals surface area contributed by atoms with Crippen molar-refractivity contribution in [2.45, 2.75) is 38.1 Å². The molecule has 1 aromatic heterocycles. The lowest BCUT2D eigenvalue weighted by Gasteiger charge is -2.30. The van der Waals surface area contributed by atoms with Gasteiger partial charge in [-0.2, -0.15) is 5.10 Å². The maximum Gasteiger partial charge on any atom is 0.244 e. The average Bonchev–Trinajstić information content (AvgIpc) is 2.56. The highest BCUT2D eigenvalue weighted by Crippen LogP contribution is 2.20. The molecule has 1 aliphatic heterocycles. The van der Waals surface area contributed by atoms with E-state index in [1.807, 2.05) is 0 Å². The highest BCUT2D eigenvalue weighted by molar-refractivity contribution is 7.89. The molecule has 0 amide bonds. The number of nitrogens with one attached hydrogen (secondary N) is 2. The van der Waals surface area contributed by atoms with Crippen molar-refractivity contribution in [1.29, 1.82) is 0 Å². The van der Waals surface area contributed by atoms with Gasteiger partial charge in [-0.25, -0.2) is 13.1 Å². The van der Waals surface area contributed by atoms with Gasteiger partial charge in [-0.15, -0.1) is 0 Å². The third kappa shape index (κ3) is 2.82. The van der Waals surface area contributed by atoms with E-state index in [0.29, 0.717) is 28.7 Å². The van der Waals surface area contributed by atoms with Crippen molar-refractivity contribution in [3.63, 3.8) is 0 Å². The molecule has 0 radical (unpaired) electrons. The van der Waals surface area contributed by atoms with Gasteiger partial charge in [0.25, 0.3) is 0 Å². The summed E-state index contributed by atoms with van der Waals surface area (Å²) in [6, 6.07) is -0.0576. The molecule has 2 unspecified atom stereocenters. The minimum absolute atomic E-state index is 0.0576. The van der Waals surface area contributed by atoms with Crippen LogP contribution >= 0.6 is 0 Å². The molecule has 19 heavy (non-hydrogen) atoms. The Hall–Kier alpha value is -0.920. The lowest BCUT2D eigenvalue weighted by atomic mass is 9.96. The van der Waals surface area contributed by atoms with Crippen LogP contribution in [0.1, 0.15) is 24.7 Å². The third-order valence-corrected chi connectivity index (χ3v) is 5.59. The summed E-state index contributed by atoms with van der Waals surface area (Å²) >= 11 is 0. The van der Waals surface area contributed by atoms with Crippen LogP contribution in [0.5, 0.6) is 0 Å². The van der Waals surface area contributed by atoms with Gasteiger partial charge >= 0.3 is 0 Å². The van der Waals surface area contributed by atoms with E-state index in [1.165, 1.54) is 0 Å². The van der Waals surface area contributed by atoms with Gasteiger partial charge in [0, 0.05) is 19.6 Å². The first kappa shape index (κ1) is 14.5. The van der Waals surface area contributed by atoms with E-state index in [9.17, 15) is 8.42 Å². The van der Waals surface area contributed by atoms with Crippen molar-refractivity contribution in [1.82, 2.24) is 19.8 Å². The van der Waals surface area contributed by atoms with Crippen LogP contribution < -0.4 is 10.0 Å². The molecule has 2 rings (SSSR count). The van der Waals surface area contributed by atoms with Crippen LogP contribution in [0.25, 0.3) is 0 Å². The van der Waals surface area contributed by atoms with Crippen LogP contribution in [-0.2, 0) is 17.1 Å². The summed E-state index contributed by atoms with van der Waals surface area (Å²) in [6.07, 6.45) is 0.984. The second kappa shape index (κ2) is 5.22. The molecule has 1 aromatic rings. The summed E-state index contributed by atoms with van der Waals surface area (Å²) in [5, 5.41) is 7.40. The normalized spacial score (nSPS) is 24.6. The second-order valence-corrected chi connectivity index (χ2v) is 6.97. The van der Waals surface area contributed by atoms with E-state index in [2.05, 4.69) is 22.1 Å². The summed E-state index contributed by atoms with van der Waals surface area (Å²) in [7, 11) is -1.75. The molecule has 2 atom stereocenters. The topological polar surface area (TPSA) is 76.0 Å². The molecule has 1 aliphatic rings. The number of aromatic nitrogens is 2. The van der Waals surface area contributed by atoms with Gasteiger partial charge in [0.1, 0.15) is 4.90 Å². The Balaban J connectivity index is 2.27. The molecule has 2 N–H and O–H groups in total. The Morgan fingerprint density at radius 2 is 2.11 bits per heavy atom. The van der Waals surface area contributed by atoms with E-state index in [4.69, 9.17) is 0 Å². The van der Waals surface area contributed by atoms with Gasteiger partial charge in [0.15, 0.2) is 0 Å². The Kier molecular flexibility index (Phi) is 3.98. The van der Waals surface area contributed by atoms with Crippen LogP contribution in [0.4, 0.5) is 0 Å². The van der Waals surface area contributed by atoms with Gasteiger partial charge in [-0.3, -0.25) is 4.68 Å². The molecule has 0 saturated carbocycles. The van der Waals surface area contributed by atoms with E-state index in [-0.39, 0.29) is 6.04 Å². The standard InChI is InChI=1S/C12H22N4O2S/c1-8-5-6-13-7-11(8)15-19(17,18)12-9(2)14-16(4)10(12)3/h8,11,13,15H,5-7H2,1-4H3. The molecule has 1 fully saturated rings. The van der Waals surface area contributed by atoms with Gasteiger partial charge in [-0.05, 0) is 32.7 Å². The number of piperidine rings is 1. The number of hydrogen-bond acceptors (Lipinski definition) is 4. The summed E-state index contributed by atoms with van der Waals surface area (Å²) in [6.45, 7) is 7.21. The van der Waals surface area contributed by atoms with Crippen LogP contribution in [0.3, 0.4) is 0 Å². The second-order valence-electron chi connectivity index (χ2n) is 5.32. The molecule has 0 aromatic carbocycles. The number of rotatable bonds is 3. The minimum Gasteiger partial charge on any atom is -0.315 e. The highest BCUT2D eigenvalue weighted by Gasteiger charge is 2.30. The van der Waals surface area contributed by atoms with E-state index in [1.54, 1.807) is 25.6 Å². The molecule has 2 heterocycles. The summed E-state index contributed by atoms with van der Waals surface area (Å²) in [4.78, 5) is 0.313. The fourth-order valence-corrected chi connectivity index (χ4v) is 4.33. The maximum atomic E-state index is 12.5. The van der Waals surface area contributed by atoms with E-state index in [0.717, 1.165) is 13.0 Å². The highest BCUT2D eigenvalue weighted by atomic mass is 32.2. The first-order chi connectivity index (χ1) is 8.83. The van der Waals surface area contributed by atoms with E-state index >= 15 is 0 Å². The van der Waals surface area contributed by atoms with Crippen molar-refractivity contribution in [2.75, 3.05) is 13.1 Å². The van der Waals surface area contributed by atoms with Crippen LogP contribution in [0.2, 0.25) is 0 Å². The lowest BCUT2D eigenvalue weighted by Crippen LogP contribution is -2.50. The fourth-order valence-electron chi connectivity index (χ4n) is 2.55. The van der Waals surface area contributed by atoms with Crippen molar-refractivity contribution in [3.05, 3.63) is 11.4 Å². The molecular weight excluding hydrogens is 264 g/mol. The molecule has 1 saturated heterocycles. The first-order valence-electron chi connectivity index (χ1n) is 6.56. The number of nitrogens with zero attached hydrogens (tertiary/aromatic N) is 2. The van der Waals surface area contributed by atoms with Gasteiger partial charge < -0.3 is 5.32 Å². The first-order valence-corrected chi connectivity index (χ1v) is 8.04. The zero-order chi connectivity index (χ0) is 14.2. The summed E-state index contributed by atoms with van der Waals surface area (Å²) < 4.78 is 29.4. The maximum absolute atomic E-state index is 12.5. The third-order valence-electron chi connectivity index (χ3n) is 3.85. The Labute approximate surface area is 114 Å². The van der Waals surface area contributed by atoms with Gasteiger partial charge in [0.2, 0.25) is 10.0 Å². The minimum atomic E-state index is -3.51. The van der Waals surface area contributed by atoms with Crippen LogP contribution in [0, 0.1) is 19.8 Å². The predicted octanol–water partition coefficient (Wildman–Crippen LogP) is 0.313. The quantitative estimate of drug-likeness (QED) is 0.839. The molecule has 0 spiro atoms. The lowest BCUT2D eigenvalue weighted by molar-refractivity contribution is 0.327. The Bertz CT molecular complexity index is 565. The van der Waals surface area contributed by atoms with E-state index < -0.39 is 10.0 Å². The Morgan fingerprint density at radius 1 is 1.42 bits per heavy atom. The zero-order valence-corrected chi connectivity index (χ0v) is 12.7. The number of aryl methyl sites for hydroxylation is 2. The molecule has 6 nitrogen and oxygen atoms in total. The SMILES string of the molecule is Cc1nn(C)c(C)c1S(=O)(=O)NC1CNCCC1C. The smallest absolute Gasteiger partial charge is 0.244 e. The zero-order valence-electron chi connectivity index (χ0n) is 11.9. The largest absolute Gasteiger partial charge is 0.315 e. The molecular formula is C12H22N4O2S. The molecule has 108 valence electrons. The monoisotopic (exact) mass is 286 g/mol. The van der Waals surface area contributed by atoms with Crippen molar-refractivity contribution in [3.8, 4) is 0 Å². The summed E-state index contributed by atoms with van der Waals surface area (Å²) in [5.41, 5.74) is 1.21. The van der Waals surface area contributed by atoms with Crippen molar-refractivity contribution >= 4 is 10.0 Å².